The van der Waals surface area contributed by atoms with E-state index in [0.29, 0.717) is 10.7 Å². The Morgan fingerprint density at radius 1 is 1.17 bits per heavy atom. The number of aryl methyl sites for hydroxylation is 1. The summed E-state index contributed by atoms with van der Waals surface area (Å²) in [6.45, 7) is 4.07. The topological polar surface area (TPSA) is 32.3 Å². The third kappa shape index (κ3) is 3.48. The molecule has 1 aliphatic rings. The molecule has 23 heavy (non-hydrogen) atoms. The van der Waals surface area contributed by atoms with Crippen molar-refractivity contribution in [2.24, 2.45) is 0 Å². The van der Waals surface area contributed by atoms with Crippen molar-refractivity contribution in [3.63, 3.8) is 0 Å². The molecule has 1 aliphatic heterocycles. The highest BCUT2D eigenvalue weighted by atomic mass is 35.5. The minimum Gasteiger partial charge on any atom is -0.372 e. The van der Waals surface area contributed by atoms with E-state index in [1.54, 1.807) is 0 Å². The first-order chi connectivity index (χ1) is 11.0. The molecule has 1 fully saturated rings. The van der Waals surface area contributed by atoms with Crippen molar-refractivity contribution in [1.29, 1.82) is 0 Å². The van der Waals surface area contributed by atoms with Gasteiger partial charge in [0.25, 0.3) is 5.91 Å². The maximum atomic E-state index is 13.8. The number of benzene rings is 2. The van der Waals surface area contributed by atoms with Crippen molar-refractivity contribution in [2.75, 3.05) is 23.3 Å². The Hall–Kier alpha value is -2.07. The van der Waals surface area contributed by atoms with Crippen LogP contribution in [-0.4, -0.2) is 19.0 Å². The van der Waals surface area contributed by atoms with Crippen LogP contribution in [0.3, 0.4) is 0 Å². The molecule has 1 saturated heterocycles. The van der Waals surface area contributed by atoms with E-state index in [-0.39, 0.29) is 5.56 Å². The first-order valence-corrected chi connectivity index (χ1v) is 8.04. The number of nitrogens with zero attached hydrogens (tertiary/aromatic N) is 1. The smallest absolute Gasteiger partial charge is 0.258 e. The lowest BCUT2D eigenvalue weighted by molar-refractivity contribution is 0.102. The lowest BCUT2D eigenvalue weighted by atomic mass is 10.1. The maximum Gasteiger partial charge on any atom is 0.258 e. The van der Waals surface area contributed by atoms with Gasteiger partial charge in [0.2, 0.25) is 0 Å². The second kappa shape index (κ2) is 6.59. The molecule has 5 heteroatoms. The van der Waals surface area contributed by atoms with Crippen LogP contribution >= 0.6 is 11.6 Å². The number of hydrogen-bond acceptors (Lipinski definition) is 2. The molecule has 0 unspecified atom stereocenters. The van der Waals surface area contributed by atoms with E-state index >= 15 is 0 Å². The van der Waals surface area contributed by atoms with Crippen LogP contribution in [0.2, 0.25) is 5.02 Å². The Kier molecular flexibility index (Phi) is 4.53. The number of hydrogen-bond donors (Lipinski definition) is 1. The molecular formula is C18H18ClFN2O. The van der Waals surface area contributed by atoms with Gasteiger partial charge in [0.1, 0.15) is 5.82 Å². The molecule has 1 N–H and O–H groups in total. The molecule has 3 rings (SSSR count). The number of amides is 1. The van der Waals surface area contributed by atoms with E-state index in [0.717, 1.165) is 24.3 Å². The Bertz CT molecular complexity index is 742. The molecule has 0 bridgehead atoms. The second-order valence-electron chi connectivity index (χ2n) is 5.77. The van der Waals surface area contributed by atoms with Crippen LogP contribution in [0.15, 0.2) is 36.4 Å². The van der Waals surface area contributed by atoms with Crippen LogP contribution in [0.4, 0.5) is 15.8 Å². The van der Waals surface area contributed by atoms with Crippen molar-refractivity contribution in [3.05, 3.63) is 58.4 Å². The molecule has 0 saturated carbocycles. The van der Waals surface area contributed by atoms with Crippen molar-refractivity contribution in [3.8, 4) is 0 Å². The van der Waals surface area contributed by atoms with Crippen molar-refractivity contribution in [2.45, 2.75) is 19.8 Å². The summed E-state index contributed by atoms with van der Waals surface area (Å²) < 4.78 is 13.8. The highest BCUT2D eigenvalue weighted by Gasteiger charge is 2.16. The minimum atomic E-state index is -0.585. The zero-order valence-electron chi connectivity index (χ0n) is 12.9. The first-order valence-electron chi connectivity index (χ1n) is 7.66. The fourth-order valence-corrected chi connectivity index (χ4v) is 2.99. The van der Waals surface area contributed by atoms with Crippen LogP contribution in [0.5, 0.6) is 0 Å². The highest BCUT2D eigenvalue weighted by molar-refractivity contribution is 6.31. The summed E-state index contributed by atoms with van der Waals surface area (Å²) in [6.07, 6.45) is 2.43. The first kappa shape index (κ1) is 15.8. The molecule has 0 spiro atoms. The van der Waals surface area contributed by atoms with E-state index in [1.165, 1.54) is 31.0 Å². The molecule has 2 aromatic rings. The van der Waals surface area contributed by atoms with Crippen LogP contribution in [0.1, 0.15) is 28.8 Å². The number of anilines is 2. The highest BCUT2D eigenvalue weighted by Crippen LogP contribution is 2.26. The van der Waals surface area contributed by atoms with Gasteiger partial charge >= 0.3 is 0 Å². The predicted molar refractivity (Wildman–Crippen MR) is 92.0 cm³/mol. The standard InChI is InChI=1S/C18H18ClFN2O/c1-12-10-14(22-8-2-3-9-22)5-7-17(12)21-18(23)15-11-13(19)4-6-16(15)20/h4-7,10-11H,2-3,8-9H2,1H3,(H,21,23). The average Bonchev–Trinajstić information content (AvgIpc) is 3.06. The summed E-state index contributed by atoms with van der Waals surface area (Å²) in [4.78, 5) is 14.6. The van der Waals surface area contributed by atoms with E-state index < -0.39 is 11.7 Å². The number of carbonyl (C=O) groups excluding carboxylic acids is 1. The molecule has 0 radical (unpaired) electrons. The van der Waals surface area contributed by atoms with Crippen LogP contribution < -0.4 is 10.2 Å². The summed E-state index contributed by atoms with van der Waals surface area (Å²) in [7, 11) is 0. The van der Waals surface area contributed by atoms with E-state index in [1.807, 2.05) is 19.1 Å². The van der Waals surface area contributed by atoms with Crippen molar-refractivity contribution in [1.82, 2.24) is 0 Å². The number of nitrogens with one attached hydrogen (secondary N) is 1. The summed E-state index contributed by atoms with van der Waals surface area (Å²) >= 11 is 5.84. The molecule has 3 nitrogen and oxygen atoms in total. The monoisotopic (exact) mass is 332 g/mol. The number of halogens is 2. The largest absolute Gasteiger partial charge is 0.372 e. The Balaban J connectivity index is 1.79. The number of carbonyl (C=O) groups is 1. The van der Waals surface area contributed by atoms with Crippen molar-refractivity contribution >= 4 is 28.9 Å². The van der Waals surface area contributed by atoms with Gasteiger partial charge in [-0.25, -0.2) is 4.39 Å². The molecular weight excluding hydrogens is 315 g/mol. The quantitative estimate of drug-likeness (QED) is 0.888. The van der Waals surface area contributed by atoms with Gasteiger partial charge in [-0.1, -0.05) is 11.6 Å². The van der Waals surface area contributed by atoms with Gasteiger partial charge in [-0.3, -0.25) is 4.79 Å². The predicted octanol–water partition coefficient (Wildman–Crippen LogP) is 4.64. The van der Waals surface area contributed by atoms with Crippen LogP contribution in [-0.2, 0) is 0 Å². The molecule has 1 amide bonds. The second-order valence-corrected chi connectivity index (χ2v) is 6.21. The molecule has 120 valence electrons. The van der Waals surface area contributed by atoms with Gasteiger partial charge in [-0.15, -0.1) is 0 Å². The fraction of sp³-hybridized carbons (Fsp3) is 0.278. The zero-order valence-corrected chi connectivity index (χ0v) is 13.7. The van der Waals surface area contributed by atoms with Gasteiger partial charge in [0.05, 0.1) is 5.56 Å². The van der Waals surface area contributed by atoms with Crippen LogP contribution in [0.25, 0.3) is 0 Å². The maximum absolute atomic E-state index is 13.8. The SMILES string of the molecule is Cc1cc(N2CCCC2)ccc1NC(=O)c1cc(Cl)ccc1F. The lowest BCUT2D eigenvalue weighted by Gasteiger charge is -2.19. The zero-order chi connectivity index (χ0) is 16.4. The van der Waals surface area contributed by atoms with Crippen molar-refractivity contribution < 1.29 is 9.18 Å². The third-order valence-electron chi connectivity index (χ3n) is 4.10. The van der Waals surface area contributed by atoms with E-state index in [2.05, 4.69) is 16.3 Å². The normalized spacial score (nSPS) is 14.1. The summed E-state index contributed by atoms with van der Waals surface area (Å²) in [5.74, 6) is -1.08. The molecule has 0 aromatic heterocycles. The Morgan fingerprint density at radius 2 is 1.91 bits per heavy atom. The van der Waals surface area contributed by atoms with E-state index in [4.69, 9.17) is 11.6 Å². The van der Waals surface area contributed by atoms with Gasteiger partial charge in [0.15, 0.2) is 0 Å². The Labute approximate surface area is 140 Å². The van der Waals surface area contributed by atoms with Gasteiger partial charge in [-0.2, -0.15) is 0 Å². The lowest BCUT2D eigenvalue weighted by Crippen LogP contribution is -2.18. The van der Waals surface area contributed by atoms with Gasteiger partial charge in [-0.05, 0) is 61.7 Å². The van der Waals surface area contributed by atoms with Gasteiger partial charge in [0, 0.05) is 29.5 Å². The molecule has 0 aliphatic carbocycles. The third-order valence-corrected chi connectivity index (χ3v) is 4.34. The van der Waals surface area contributed by atoms with Gasteiger partial charge < -0.3 is 10.2 Å². The summed E-state index contributed by atoms with van der Waals surface area (Å²) in [5, 5.41) is 3.09. The van der Waals surface area contributed by atoms with Crippen LogP contribution in [0, 0.1) is 12.7 Å². The average molecular weight is 333 g/mol. The fourth-order valence-electron chi connectivity index (χ4n) is 2.82. The minimum absolute atomic E-state index is 0.0551. The number of rotatable bonds is 3. The summed E-state index contributed by atoms with van der Waals surface area (Å²) in [5.41, 5.74) is 2.73. The van der Waals surface area contributed by atoms with E-state index in [9.17, 15) is 9.18 Å². The molecule has 2 aromatic carbocycles. The molecule has 1 heterocycles. The Morgan fingerprint density at radius 3 is 2.61 bits per heavy atom. The molecule has 0 atom stereocenters. The summed E-state index contributed by atoms with van der Waals surface area (Å²) in [6, 6.07) is 9.85.